The standard InChI is InChI=1S/C19H20F2N4O/c1-24(2)11-9-16(13-3-4-13)18-17(22)10-12-25(23-18)14-5-7-15(8-6-14)26-19(20)21/h5-12,19,22H,3-4H2,1-2H3/b11-9+,22-17?. The number of rotatable bonds is 6. The maximum Gasteiger partial charge on any atom is 0.387 e. The molecule has 0 bridgehead atoms. The average Bonchev–Trinajstić information content (AvgIpc) is 3.41. The molecule has 1 aromatic heterocycles. The molecule has 5 nitrogen and oxygen atoms in total. The third-order valence-corrected chi connectivity index (χ3v) is 3.85. The van der Waals surface area contributed by atoms with Crippen molar-refractivity contribution in [3.8, 4) is 11.4 Å². The molecule has 0 radical (unpaired) electrons. The number of ether oxygens (including phenoxy) is 1. The van der Waals surface area contributed by atoms with Gasteiger partial charge in [-0.3, -0.25) is 5.41 Å². The van der Waals surface area contributed by atoms with Crippen LogP contribution in [0.4, 0.5) is 8.78 Å². The highest BCUT2D eigenvalue weighted by Gasteiger charge is 2.19. The fourth-order valence-electron chi connectivity index (χ4n) is 2.46. The summed E-state index contributed by atoms with van der Waals surface area (Å²) in [6.07, 6.45) is 7.63. The van der Waals surface area contributed by atoms with Crippen molar-refractivity contribution in [1.82, 2.24) is 14.7 Å². The van der Waals surface area contributed by atoms with Gasteiger partial charge < -0.3 is 9.64 Å². The van der Waals surface area contributed by atoms with Crippen molar-refractivity contribution in [2.75, 3.05) is 14.1 Å². The Morgan fingerprint density at radius 2 is 1.92 bits per heavy atom. The van der Waals surface area contributed by atoms with E-state index in [0.717, 1.165) is 18.4 Å². The summed E-state index contributed by atoms with van der Waals surface area (Å²) >= 11 is 0. The zero-order chi connectivity index (χ0) is 18.7. The van der Waals surface area contributed by atoms with Crippen molar-refractivity contribution in [3.63, 3.8) is 0 Å². The van der Waals surface area contributed by atoms with E-state index in [0.29, 0.717) is 16.7 Å². The van der Waals surface area contributed by atoms with Gasteiger partial charge in [-0.05, 0) is 55.4 Å². The molecule has 0 spiro atoms. The summed E-state index contributed by atoms with van der Waals surface area (Å²) in [5.74, 6) is 0.0939. The highest BCUT2D eigenvalue weighted by Crippen LogP contribution is 2.35. The van der Waals surface area contributed by atoms with E-state index in [9.17, 15) is 8.78 Å². The topological polar surface area (TPSA) is 54.1 Å². The van der Waals surface area contributed by atoms with Crippen molar-refractivity contribution >= 4 is 5.57 Å². The van der Waals surface area contributed by atoms with Crippen LogP contribution in [0.2, 0.25) is 0 Å². The molecule has 0 aliphatic heterocycles. The molecule has 0 saturated heterocycles. The largest absolute Gasteiger partial charge is 0.435 e. The van der Waals surface area contributed by atoms with Gasteiger partial charge in [-0.2, -0.15) is 13.9 Å². The van der Waals surface area contributed by atoms with Crippen LogP contribution in [-0.2, 0) is 0 Å². The predicted octanol–water partition coefficient (Wildman–Crippen LogP) is 3.58. The Morgan fingerprint density at radius 3 is 2.50 bits per heavy atom. The van der Waals surface area contributed by atoms with Gasteiger partial charge in [0.2, 0.25) is 0 Å². The van der Waals surface area contributed by atoms with Crippen molar-refractivity contribution in [2.24, 2.45) is 0 Å². The molecule has 26 heavy (non-hydrogen) atoms. The molecular formula is C19H20F2N4O. The maximum absolute atomic E-state index is 12.3. The molecule has 1 aliphatic carbocycles. The number of halogens is 2. The van der Waals surface area contributed by atoms with Gasteiger partial charge in [-0.1, -0.05) is 5.57 Å². The number of hydrogen-bond acceptors (Lipinski definition) is 4. The predicted molar refractivity (Wildman–Crippen MR) is 95.0 cm³/mol. The Kier molecular flexibility index (Phi) is 5.16. The molecular weight excluding hydrogens is 338 g/mol. The van der Waals surface area contributed by atoms with E-state index in [4.69, 9.17) is 5.41 Å². The van der Waals surface area contributed by atoms with Crippen molar-refractivity contribution in [1.29, 1.82) is 5.41 Å². The fraction of sp³-hybridized carbons (Fsp3) is 0.263. The summed E-state index contributed by atoms with van der Waals surface area (Å²) in [7, 11) is 3.88. The van der Waals surface area contributed by atoms with E-state index < -0.39 is 6.61 Å². The number of aromatic nitrogens is 2. The Labute approximate surface area is 150 Å². The average molecular weight is 358 g/mol. The molecule has 1 aliphatic rings. The van der Waals surface area contributed by atoms with Gasteiger partial charge in [0.05, 0.1) is 11.0 Å². The molecule has 136 valence electrons. The van der Waals surface area contributed by atoms with E-state index in [1.165, 1.54) is 17.7 Å². The minimum absolute atomic E-state index is 0.0939. The number of benzene rings is 1. The Balaban J connectivity index is 1.95. The number of alkyl halides is 2. The molecule has 0 amide bonds. The summed E-state index contributed by atoms with van der Waals surface area (Å²) in [5.41, 5.74) is 3.55. The van der Waals surface area contributed by atoms with Crippen molar-refractivity contribution in [3.05, 3.63) is 65.4 Å². The monoisotopic (exact) mass is 358 g/mol. The van der Waals surface area contributed by atoms with Crippen LogP contribution in [0.1, 0.15) is 18.5 Å². The molecule has 3 rings (SSSR count). The Morgan fingerprint density at radius 1 is 1.23 bits per heavy atom. The van der Waals surface area contributed by atoms with Crippen molar-refractivity contribution < 1.29 is 13.5 Å². The van der Waals surface area contributed by atoms with E-state index >= 15 is 0 Å². The lowest BCUT2D eigenvalue weighted by atomic mass is 10.1. The molecule has 1 fully saturated rings. The van der Waals surface area contributed by atoms with Crippen molar-refractivity contribution in [2.45, 2.75) is 19.5 Å². The number of hydrogen-bond donors (Lipinski definition) is 1. The number of allylic oxidation sites excluding steroid dienone is 3. The molecule has 1 aromatic carbocycles. The second-order valence-corrected chi connectivity index (χ2v) is 6.19. The van der Waals surface area contributed by atoms with Crippen LogP contribution in [0.25, 0.3) is 11.3 Å². The second kappa shape index (κ2) is 7.51. The third kappa shape index (κ3) is 4.36. The quantitative estimate of drug-likeness (QED) is 0.859. The summed E-state index contributed by atoms with van der Waals surface area (Å²) in [5, 5.41) is 13.1. The van der Waals surface area contributed by atoms with Crippen LogP contribution in [-0.4, -0.2) is 35.4 Å². The Bertz CT molecular complexity index is 893. The first-order valence-corrected chi connectivity index (χ1v) is 8.21. The summed E-state index contributed by atoms with van der Waals surface area (Å²) < 4.78 is 30.5. The third-order valence-electron chi connectivity index (χ3n) is 3.85. The zero-order valence-electron chi connectivity index (χ0n) is 14.6. The molecule has 2 aromatic rings. The van der Waals surface area contributed by atoms with Gasteiger partial charge in [0, 0.05) is 25.9 Å². The summed E-state index contributed by atoms with van der Waals surface area (Å²) in [6.45, 7) is -2.85. The first-order chi connectivity index (χ1) is 12.4. The SMILES string of the molecule is CN(C)/C=C/C(=C1CC1)c1nn(-c2ccc(OC(F)F)cc2)ccc1=N. The number of nitrogens with zero attached hydrogens (tertiary/aromatic N) is 3. The normalized spacial score (nSPS) is 13.3. The van der Waals surface area contributed by atoms with Gasteiger partial charge in [0.25, 0.3) is 0 Å². The number of nitrogens with one attached hydrogen (secondary N) is 1. The summed E-state index contributed by atoms with van der Waals surface area (Å²) in [4.78, 5) is 1.94. The maximum atomic E-state index is 12.3. The van der Waals surface area contributed by atoms with Gasteiger partial charge in [0.1, 0.15) is 11.4 Å². The minimum atomic E-state index is -2.85. The van der Waals surface area contributed by atoms with Crippen LogP contribution in [0.3, 0.4) is 0 Å². The van der Waals surface area contributed by atoms with Gasteiger partial charge in [0.15, 0.2) is 0 Å². The molecule has 0 atom stereocenters. The van der Waals surface area contributed by atoms with Crippen LogP contribution in [0.15, 0.2) is 54.4 Å². The molecule has 1 N–H and O–H groups in total. The highest BCUT2D eigenvalue weighted by atomic mass is 19.3. The molecule has 0 unspecified atom stereocenters. The summed E-state index contributed by atoms with van der Waals surface area (Å²) in [6, 6.07) is 7.92. The van der Waals surface area contributed by atoms with E-state index in [1.54, 1.807) is 29.1 Å². The van der Waals surface area contributed by atoms with Crippen LogP contribution < -0.4 is 10.1 Å². The highest BCUT2D eigenvalue weighted by molar-refractivity contribution is 5.76. The molecule has 7 heteroatoms. The van der Waals surface area contributed by atoms with Crippen LogP contribution in [0, 0.1) is 5.41 Å². The zero-order valence-corrected chi connectivity index (χ0v) is 14.6. The molecule has 1 heterocycles. The minimum Gasteiger partial charge on any atom is -0.435 e. The van der Waals surface area contributed by atoms with E-state index in [-0.39, 0.29) is 5.75 Å². The van der Waals surface area contributed by atoms with Gasteiger partial charge >= 0.3 is 6.61 Å². The fourth-order valence-corrected chi connectivity index (χ4v) is 2.46. The molecule has 1 saturated carbocycles. The lowest BCUT2D eigenvalue weighted by Crippen LogP contribution is -2.15. The lowest BCUT2D eigenvalue weighted by Gasteiger charge is -2.11. The lowest BCUT2D eigenvalue weighted by molar-refractivity contribution is -0.0498. The van der Waals surface area contributed by atoms with Gasteiger partial charge in [-0.25, -0.2) is 4.68 Å². The van der Waals surface area contributed by atoms with E-state index in [2.05, 4.69) is 9.84 Å². The first kappa shape index (κ1) is 17.8. The van der Waals surface area contributed by atoms with Crippen LogP contribution in [0.5, 0.6) is 5.75 Å². The Hall–Kier alpha value is -2.96. The van der Waals surface area contributed by atoms with Gasteiger partial charge in [-0.15, -0.1) is 0 Å². The first-order valence-electron chi connectivity index (χ1n) is 8.21. The van der Waals surface area contributed by atoms with E-state index in [1.807, 2.05) is 31.3 Å². The smallest absolute Gasteiger partial charge is 0.387 e. The van der Waals surface area contributed by atoms with Crippen LogP contribution >= 0.6 is 0 Å². The second-order valence-electron chi connectivity index (χ2n) is 6.19.